The number of nitrogens with two attached hydrogens (primary N) is 1. The minimum absolute atomic E-state index is 0.0758. The van der Waals surface area contributed by atoms with Crippen LogP contribution in [-0.2, 0) is 23.7 Å². The third-order valence-corrected chi connectivity index (χ3v) is 6.54. The van der Waals surface area contributed by atoms with Crippen molar-refractivity contribution in [1.29, 1.82) is 0 Å². The second kappa shape index (κ2) is 18.1. The first kappa shape index (κ1) is 36.5. The predicted molar refractivity (Wildman–Crippen MR) is 154 cm³/mol. The van der Waals surface area contributed by atoms with E-state index in [1.165, 1.54) is 18.2 Å². The average Bonchev–Trinajstić information content (AvgIpc) is 2.88. The zero-order chi connectivity index (χ0) is 32.0. The largest absolute Gasteiger partial charge is 0.513 e. The van der Waals surface area contributed by atoms with Crippen molar-refractivity contribution in [1.82, 2.24) is 0 Å². The first-order chi connectivity index (χ1) is 19.6. The summed E-state index contributed by atoms with van der Waals surface area (Å²) in [6.07, 6.45) is -2.09. The topological polar surface area (TPSA) is 170 Å². The van der Waals surface area contributed by atoms with Gasteiger partial charge in [0.25, 0.3) is 0 Å². The van der Waals surface area contributed by atoms with Crippen LogP contribution in [0, 0.1) is 23.7 Å². The predicted octanol–water partition coefficient (Wildman–Crippen LogP) is 6.14. The van der Waals surface area contributed by atoms with Crippen LogP contribution >= 0.6 is 0 Å². The third-order valence-electron chi connectivity index (χ3n) is 6.54. The summed E-state index contributed by atoms with van der Waals surface area (Å²) < 4.78 is 31.3. The van der Waals surface area contributed by atoms with E-state index in [1.807, 2.05) is 41.5 Å². The van der Waals surface area contributed by atoms with E-state index in [9.17, 15) is 24.3 Å². The van der Waals surface area contributed by atoms with E-state index in [0.29, 0.717) is 24.3 Å². The number of hydrogen-bond donors (Lipinski definition) is 2. The summed E-state index contributed by atoms with van der Waals surface area (Å²) in [6, 6.07) is 2.73. The van der Waals surface area contributed by atoms with Crippen molar-refractivity contribution >= 4 is 24.4 Å². The van der Waals surface area contributed by atoms with Gasteiger partial charge in [0.05, 0.1) is 19.8 Å². The molecule has 3 unspecified atom stereocenters. The lowest BCUT2D eigenvalue weighted by atomic mass is 9.82. The van der Waals surface area contributed by atoms with Crippen molar-refractivity contribution < 1.29 is 52.7 Å². The highest BCUT2D eigenvalue weighted by Crippen LogP contribution is 2.36. The zero-order valence-electron chi connectivity index (χ0n) is 25.9. The van der Waals surface area contributed by atoms with Gasteiger partial charge in [0, 0.05) is 5.92 Å². The van der Waals surface area contributed by atoms with Crippen LogP contribution in [0.5, 0.6) is 11.5 Å². The molecule has 0 radical (unpaired) electrons. The number of hydrogen-bond acceptors (Lipinski definition) is 11. The van der Waals surface area contributed by atoms with Gasteiger partial charge in [-0.1, -0.05) is 54.5 Å². The molecule has 12 heteroatoms. The lowest BCUT2D eigenvalue weighted by Gasteiger charge is -2.28. The van der Waals surface area contributed by atoms with Gasteiger partial charge in [-0.05, 0) is 61.1 Å². The summed E-state index contributed by atoms with van der Waals surface area (Å²) in [4.78, 5) is 48.8. The Hall–Kier alpha value is -3.54. The molecule has 0 aliphatic carbocycles. The van der Waals surface area contributed by atoms with Crippen molar-refractivity contribution in [2.24, 2.45) is 29.4 Å². The van der Waals surface area contributed by atoms with Crippen LogP contribution in [0.25, 0.3) is 0 Å². The van der Waals surface area contributed by atoms with E-state index < -0.39 is 42.3 Å². The second-order valence-corrected chi connectivity index (χ2v) is 11.5. The quantitative estimate of drug-likeness (QED) is 0.127. The van der Waals surface area contributed by atoms with Crippen LogP contribution in [-0.4, -0.2) is 61.5 Å². The van der Waals surface area contributed by atoms with Crippen LogP contribution in [0.3, 0.4) is 0 Å². The Labute approximate surface area is 248 Å². The van der Waals surface area contributed by atoms with Crippen LogP contribution in [0.15, 0.2) is 18.2 Å². The minimum Gasteiger partial charge on any atom is -0.480 e. The van der Waals surface area contributed by atoms with Gasteiger partial charge >= 0.3 is 24.4 Å². The van der Waals surface area contributed by atoms with Crippen molar-refractivity contribution in [3.8, 4) is 11.5 Å². The maximum absolute atomic E-state index is 12.4. The molecule has 42 heavy (non-hydrogen) atoms. The fraction of sp³-hybridized carbons (Fsp3) is 0.667. The molecule has 0 fully saturated rings. The number of rotatable bonds is 16. The highest BCUT2D eigenvalue weighted by Gasteiger charge is 2.33. The van der Waals surface area contributed by atoms with Gasteiger partial charge in [-0.15, -0.1) is 0 Å². The lowest BCUT2D eigenvalue weighted by Crippen LogP contribution is -2.40. The molecule has 0 aliphatic rings. The van der Waals surface area contributed by atoms with Crippen LogP contribution in [0.1, 0.15) is 79.7 Å². The molecule has 238 valence electrons. The first-order valence-electron chi connectivity index (χ1n) is 14.3. The van der Waals surface area contributed by atoms with Crippen molar-refractivity contribution in [2.75, 3.05) is 19.8 Å². The van der Waals surface area contributed by atoms with Gasteiger partial charge in [-0.25, -0.2) is 14.4 Å². The van der Waals surface area contributed by atoms with Gasteiger partial charge in [-0.2, -0.15) is 0 Å². The number of aliphatic carboxylic acids is 1. The molecule has 1 aromatic carbocycles. The maximum atomic E-state index is 12.4. The molecule has 1 aromatic rings. The SMILES string of the molecule is CC(C)CCOC(=O)Oc1ccc(C(C(C)COC(=O)OC(C)C(C)C)[C@H](N)C(=O)O)cc1OC(=O)OCCC(C)C. The highest BCUT2D eigenvalue weighted by atomic mass is 16.7. The molecule has 1 rings (SSSR count). The van der Waals surface area contributed by atoms with Gasteiger partial charge in [-0.3, -0.25) is 4.79 Å². The summed E-state index contributed by atoms with van der Waals surface area (Å²) in [5, 5.41) is 9.72. The molecule has 0 heterocycles. The number of carbonyl (C=O) groups excluding carboxylic acids is 3. The summed E-state index contributed by atoms with van der Waals surface area (Å²) in [6.45, 7) is 15.1. The highest BCUT2D eigenvalue weighted by molar-refractivity contribution is 5.75. The summed E-state index contributed by atoms with van der Waals surface area (Å²) >= 11 is 0. The number of ether oxygens (including phenoxy) is 6. The Morgan fingerprint density at radius 1 is 0.762 bits per heavy atom. The van der Waals surface area contributed by atoms with E-state index >= 15 is 0 Å². The van der Waals surface area contributed by atoms with Crippen LogP contribution in [0.2, 0.25) is 0 Å². The molecular formula is C30H47NO11. The number of carbonyl (C=O) groups is 4. The number of benzene rings is 1. The standard InChI is InChI=1S/C30H47NO11/c1-17(2)11-13-37-28(34)41-23-10-9-22(15-24(23)42-29(35)38-14-12-18(3)4)25(26(31)27(32)33)20(7)16-39-30(36)40-21(8)19(5)6/h9-10,15,17-21,25-26H,11-14,16,31H2,1-8H3,(H,32,33)/t20?,21?,25?,26-/m0/s1. The van der Waals surface area contributed by atoms with Crippen molar-refractivity contribution in [2.45, 2.75) is 86.3 Å². The molecule has 12 nitrogen and oxygen atoms in total. The second-order valence-electron chi connectivity index (χ2n) is 11.5. The first-order valence-corrected chi connectivity index (χ1v) is 14.3. The summed E-state index contributed by atoms with van der Waals surface area (Å²) in [5.41, 5.74) is 6.38. The molecule has 3 N–H and O–H groups in total. The van der Waals surface area contributed by atoms with E-state index in [4.69, 9.17) is 34.2 Å². The van der Waals surface area contributed by atoms with Gasteiger partial charge in [0.2, 0.25) is 0 Å². The van der Waals surface area contributed by atoms with Crippen molar-refractivity contribution in [3.05, 3.63) is 23.8 Å². The van der Waals surface area contributed by atoms with E-state index in [-0.39, 0.29) is 49.3 Å². The lowest BCUT2D eigenvalue weighted by molar-refractivity contribution is -0.139. The molecule has 0 spiro atoms. The fourth-order valence-electron chi connectivity index (χ4n) is 3.56. The van der Waals surface area contributed by atoms with Gasteiger partial charge in [0.1, 0.15) is 12.1 Å². The molecule has 0 saturated carbocycles. The van der Waals surface area contributed by atoms with E-state index in [2.05, 4.69) is 0 Å². The van der Waals surface area contributed by atoms with Crippen molar-refractivity contribution in [3.63, 3.8) is 0 Å². The van der Waals surface area contributed by atoms with Crippen LogP contribution in [0.4, 0.5) is 14.4 Å². The van der Waals surface area contributed by atoms with E-state index in [1.54, 1.807) is 13.8 Å². The Morgan fingerprint density at radius 3 is 1.76 bits per heavy atom. The fourth-order valence-corrected chi connectivity index (χ4v) is 3.56. The van der Waals surface area contributed by atoms with Gasteiger partial charge < -0.3 is 39.3 Å². The van der Waals surface area contributed by atoms with E-state index in [0.717, 1.165) is 0 Å². The zero-order valence-corrected chi connectivity index (χ0v) is 25.9. The Morgan fingerprint density at radius 2 is 1.29 bits per heavy atom. The van der Waals surface area contributed by atoms with Crippen LogP contribution < -0.4 is 15.2 Å². The smallest absolute Gasteiger partial charge is 0.480 e. The Balaban J connectivity index is 3.26. The molecule has 0 saturated heterocycles. The summed E-state index contributed by atoms with van der Waals surface area (Å²) in [7, 11) is 0. The Bertz CT molecular complexity index is 1020. The molecule has 4 atom stereocenters. The maximum Gasteiger partial charge on any atom is 0.513 e. The molecule has 0 aliphatic heterocycles. The monoisotopic (exact) mass is 597 g/mol. The molecule has 0 aromatic heterocycles. The minimum atomic E-state index is -1.42. The average molecular weight is 598 g/mol. The Kier molecular flexibility index (Phi) is 15.7. The normalized spacial score (nSPS) is 14.1. The number of carboxylic acid groups (broad SMARTS) is 1. The summed E-state index contributed by atoms with van der Waals surface area (Å²) in [5.74, 6) is -2.51. The molecule has 0 amide bonds. The molecular weight excluding hydrogens is 550 g/mol. The molecule has 0 bridgehead atoms. The van der Waals surface area contributed by atoms with Gasteiger partial charge in [0.15, 0.2) is 11.5 Å². The third kappa shape index (κ3) is 13.4. The number of carboxylic acids is 1.